The summed E-state index contributed by atoms with van der Waals surface area (Å²) in [6, 6.07) is 1.87. The molecule has 3 rings (SSSR count). The van der Waals surface area contributed by atoms with Crippen LogP contribution in [0.4, 0.5) is 16.2 Å². The highest BCUT2D eigenvalue weighted by atomic mass is 32.1. The number of hydrogen-bond donors (Lipinski definition) is 2. The fraction of sp³-hybridized carbons (Fsp3) is 0.294. The van der Waals surface area contributed by atoms with E-state index >= 15 is 0 Å². The molecule has 0 saturated carbocycles. The summed E-state index contributed by atoms with van der Waals surface area (Å²) in [5.41, 5.74) is 2.48. The van der Waals surface area contributed by atoms with Crippen molar-refractivity contribution >= 4 is 50.8 Å². The lowest BCUT2D eigenvalue weighted by molar-refractivity contribution is -0.142. The van der Waals surface area contributed by atoms with Crippen molar-refractivity contribution in [2.45, 2.75) is 27.2 Å². The van der Waals surface area contributed by atoms with Gasteiger partial charge in [-0.1, -0.05) is 0 Å². The summed E-state index contributed by atoms with van der Waals surface area (Å²) in [4.78, 5) is 40.9. The first-order valence-corrected chi connectivity index (χ1v) is 10.1. The summed E-state index contributed by atoms with van der Waals surface area (Å²) in [5.74, 6) is -0.306. The average Bonchev–Trinajstić information content (AvgIpc) is 3.24. The Balaban J connectivity index is 1.61. The number of anilines is 3. The maximum Gasteiger partial charge on any atom is 0.311 e. The zero-order valence-corrected chi connectivity index (χ0v) is 17.1. The molecule has 0 aromatic carbocycles. The maximum atomic E-state index is 12.4. The molecule has 0 aliphatic heterocycles. The lowest BCUT2D eigenvalue weighted by atomic mass is 10.3. The number of carbonyl (C=O) groups is 2. The summed E-state index contributed by atoms with van der Waals surface area (Å²) in [5, 5.41) is 9.93. The Kier molecular flexibility index (Phi) is 6.26. The molecule has 3 aromatic rings. The predicted octanol–water partition coefficient (Wildman–Crippen LogP) is 3.11. The third-order valence-electron chi connectivity index (χ3n) is 3.34. The third-order valence-corrected chi connectivity index (χ3v) is 4.91. The summed E-state index contributed by atoms with van der Waals surface area (Å²) in [7, 11) is 0. The van der Waals surface area contributed by atoms with E-state index in [1.807, 2.05) is 19.9 Å². The lowest BCUT2D eigenvalue weighted by Gasteiger charge is -2.03. The monoisotopic (exact) mass is 418 g/mol. The Hall–Kier alpha value is -2.92. The molecule has 0 unspecified atom stereocenters. The number of nitrogens with one attached hydrogen (secondary N) is 2. The smallest absolute Gasteiger partial charge is 0.311 e. The van der Waals surface area contributed by atoms with Crippen LogP contribution in [0.25, 0.3) is 0 Å². The van der Waals surface area contributed by atoms with Crippen LogP contribution in [0.2, 0.25) is 0 Å². The first kappa shape index (κ1) is 19.8. The van der Waals surface area contributed by atoms with Crippen LogP contribution >= 0.6 is 22.7 Å². The van der Waals surface area contributed by atoms with Crippen LogP contribution in [0, 0.1) is 13.8 Å². The van der Waals surface area contributed by atoms with Crippen LogP contribution in [0.1, 0.15) is 34.5 Å². The van der Waals surface area contributed by atoms with Gasteiger partial charge in [-0.3, -0.25) is 14.9 Å². The second-order valence-electron chi connectivity index (χ2n) is 5.72. The van der Waals surface area contributed by atoms with Gasteiger partial charge in [-0.15, -0.1) is 22.7 Å². The van der Waals surface area contributed by atoms with Crippen LogP contribution in [0.15, 0.2) is 16.8 Å². The Morgan fingerprint density at radius 1 is 1.04 bits per heavy atom. The molecule has 3 aromatic heterocycles. The van der Waals surface area contributed by atoms with Gasteiger partial charge in [0.2, 0.25) is 5.95 Å². The Labute approximate surface area is 169 Å². The molecule has 0 aliphatic carbocycles. The second kappa shape index (κ2) is 8.85. The molecule has 3 heterocycles. The van der Waals surface area contributed by atoms with Crippen molar-refractivity contribution in [3.05, 3.63) is 39.6 Å². The molecule has 146 valence electrons. The molecular formula is C17H18N6O3S2. The van der Waals surface area contributed by atoms with E-state index in [0.29, 0.717) is 28.5 Å². The van der Waals surface area contributed by atoms with E-state index in [2.05, 4.69) is 30.6 Å². The predicted molar refractivity (Wildman–Crippen MR) is 107 cm³/mol. The number of nitrogens with zero attached hydrogens (tertiary/aromatic N) is 4. The molecule has 0 saturated heterocycles. The van der Waals surface area contributed by atoms with Gasteiger partial charge >= 0.3 is 5.97 Å². The van der Waals surface area contributed by atoms with Gasteiger partial charge in [0.25, 0.3) is 5.91 Å². The minimum Gasteiger partial charge on any atom is -0.466 e. The quantitative estimate of drug-likeness (QED) is 0.562. The first-order valence-electron chi connectivity index (χ1n) is 8.39. The molecule has 2 N–H and O–H groups in total. The zero-order valence-electron chi connectivity index (χ0n) is 15.5. The molecule has 0 bridgehead atoms. The highest BCUT2D eigenvalue weighted by Crippen LogP contribution is 2.21. The van der Waals surface area contributed by atoms with Gasteiger partial charge in [-0.25, -0.2) is 19.9 Å². The summed E-state index contributed by atoms with van der Waals surface area (Å²) in [6.07, 6.45) is 0.0703. The Morgan fingerprint density at radius 3 is 2.46 bits per heavy atom. The molecule has 9 nitrogen and oxygen atoms in total. The number of ether oxygens (including phenoxy) is 1. The number of esters is 1. The van der Waals surface area contributed by atoms with Crippen molar-refractivity contribution < 1.29 is 14.3 Å². The number of amides is 1. The molecule has 11 heteroatoms. The molecule has 0 spiro atoms. The minimum atomic E-state index is -0.386. The summed E-state index contributed by atoms with van der Waals surface area (Å²) < 4.78 is 4.88. The molecule has 0 atom stereocenters. The van der Waals surface area contributed by atoms with Gasteiger partial charge in [-0.05, 0) is 26.8 Å². The van der Waals surface area contributed by atoms with Crippen molar-refractivity contribution in [2.75, 3.05) is 17.2 Å². The van der Waals surface area contributed by atoms with Crippen LogP contribution in [0.5, 0.6) is 0 Å². The number of aromatic nitrogens is 4. The van der Waals surface area contributed by atoms with Crippen molar-refractivity contribution in [1.82, 2.24) is 19.9 Å². The highest BCUT2D eigenvalue weighted by molar-refractivity contribution is 7.14. The van der Waals surface area contributed by atoms with E-state index in [1.165, 1.54) is 22.7 Å². The SMILES string of the molecule is CCOC(=O)Cc1csc(NC(=O)c2csc(Nc3nc(C)cc(C)n3)n2)n1. The van der Waals surface area contributed by atoms with E-state index in [0.717, 1.165) is 11.4 Å². The van der Waals surface area contributed by atoms with Gasteiger partial charge in [-0.2, -0.15) is 0 Å². The zero-order chi connectivity index (χ0) is 20.1. The molecule has 28 heavy (non-hydrogen) atoms. The lowest BCUT2D eigenvalue weighted by Crippen LogP contribution is -2.13. The Bertz CT molecular complexity index is 980. The first-order chi connectivity index (χ1) is 13.4. The minimum absolute atomic E-state index is 0.0703. The van der Waals surface area contributed by atoms with Crippen molar-refractivity contribution in [3.63, 3.8) is 0 Å². The molecule has 0 radical (unpaired) electrons. The van der Waals surface area contributed by atoms with Gasteiger partial charge in [0.05, 0.1) is 18.7 Å². The van der Waals surface area contributed by atoms with Gasteiger partial charge in [0.15, 0.2) is 10.3 Å². The molecular weight excluding hydrogens is 400 g/mol. The van der Waals surface area contributed by atoms with E-state index < -0.39 is 0 Å². The van der Waals surface area contributed by atoms with Crippen LogP contribution < -0.4 is 10.6 Å². The molecule has 0 fully saturated rings. The average molecular weight is 419 g/mol. The summed E-state index contributed by atoms with van der Waals surface area (Å²) in [6.45, 7) is 5.82. The standard InChI is InChI=1S/C17H18N6O3S2/c1-4-26-13(24)6-11-7-27-16(20-11)22-14(25)12-8-28-17(21-12)23-15-18-9(2)5-10(3)19-15/h5,7-8H,4,6H2,1-3H3,(H,20,22,25)(H,18,19,21,23). The van der Waals surface area contributed by atoms with Gasteiger partial charge in [0, 0.05) is 22.1 Å². The van der Waals surface area contributed by atoms with E-state index in [1.54, 1.807) is 17.7 Å². The second-order valence-corrected chi connectivity index (χ2v) is 7.43. The maximum absolute atomic E-state index is 12.4. The third kappa shape index (κ3) is 5.30. The number of thiazole rings is 2. The van der Waals surface area contributed by atoms with Crippen molar-refractivity contribution in [2.24, 2.45) is 0 Å². The fourth-order valence-electron chi connectivity index (χ4n) is 2.28. The number of hydrogen-bond acceptors (Lipinski definition) is 10. The number of rotatable bonds is 7. The van der Waals surface area contributed by atoms with E-state index in [4.69, 9.17) is 4.74 Å². The van der Waals surface area contributed by atoms with Crippen LogP contribution in [-0.4, -0.2) is 38.4 Å². The highest BCUT2D eigenvalue weighted by Gasteiger charge is 2.15. The molecule has 1 amide bonds. The van der Waals surface area contributed by atoms with Gasteiger partial charge in [0.1, 0.15) is 5.69 Å². The van der Waals surface area contributed by atoms with Crippen LogP contribution in [-0.2, 0) is 16.0 Å². The largest absolute Gasteiger partial charge is 0.466 e. The van der Waals surface area contributed by atoms with Crippen molar-refractivity contribution in [3.8, 4) is 0 Å². The van der Waals surface area contributed by atoms with E-state index in [-0.39, 0.29) is 24.0 Å². The number of carbonyl (C=O) groups excluding carboxylic acids is 2. The van der Waals surface area contributed by atoms with E-state index in [9.17, 15) is 9.59 Å². The van der Waals surface area contributed by atoms with Crippen molar-refractivity contribution in [1.29, 1.82) is 0 Å². The molecule has 0 aliphatic rings. The fourth-order valence-corrected chi connectivity index (χ4v) is 3.67. The number of aryl methyl sites for hydroxylation is 2. The Morgan fingerprint density at radius 2 is 1.75 bits per heavy atom. The normalized spacial score (nSPS) is 10.5. The van der Waals surface area contributed by atoms with Gasteiger partial charge < -0.3 is 10.1 Å². The topological polar surface area (TPSA) is 119 Å². The van der Waals surface area contributed by atoms with Crippen LogP contribution in [0.3, 0.4) is 0 Å². The summed E-state index contributed by atoms with van der Waals surface area (Å²) >= 11 is 2.51.